The summed E-state index contributed by atoms with van der Waals surface area (Å²) in [4.78, 5) is 29.8. The van der Waals surface area contributed by atoms with Gasteiger partial charge in [0.25, 0.3) is 0 Å². The SMILES string of the molecule is COc1cc(N2CCN(C)CC2)ccc1Nc1ncc(C)c(Nc2ccc(N3CCN(C(C)=O)CC3)cc2OC)n1. The van der Waals surface area contributed by atoms with Crippen LogP contribution in [0.15, 0.2) is 42.6 Å². The number of carbonyl (C=O) groups is 1. The highest BCUT2D eigenvalue weighted by Gasteiger charge is 2.20. The second-order valence-electron chi connectivity index (χ2n) is 10.5. The minimum atomic E-state index is 0.122. The van der Waals surface area contributed by atoms with Crippen LogP contribution >= 0.6 is 0 Å². The molecular formula is C30H40N8O3. The van der Waals surface area contributed by atoms with Crippen LogP contribution < -0.4 is 29.9 Å². The number of aromatic nitrogens is 2. The Morgan fingerprint density at radius 1 is 0.805 bits per heavy atom. The second-order valence-corrected chi connectivity index (χ2v) is 10.5. The fourth-order valence-electron chi connectivity index (χ4n) is 5.18. The van der Waals surface area contributed by atoms with Crippen molar-refractivity contribution in [2.24, 2.45) is 0 Å². The average Bonchev–Trinajstić information content (AvgIpc) is 2.99. The lowest BCUT2D eigenvalue weighted by molar-refractivity contribution is -0.129. The minimum absolute atomic E-state index is 0.122. The molecule has 0 spiro atoms. The molecule has 0 saturated carbocycles. The van der Waals surface area contributed by atoms with Crippen molar-refractivity contribution in [3.05, 3.63) is 48.2 Å². The summed E-state index contributed by atoms with van der Waals surface area (Å²) in [6, 6.07) is 12.3. The van der Waals surface area contributed by atoms with E-state index in [0.29, 0.717) is 17.5 Å². The second kappa shape index (κ2) is 12.5. The molecule has 218 valence electrons. The van der Waals surface area contributed by atoms with Crippen LogP contribution in [0.25, 0.3) is 0 Å². The Morgan fingerprint density at radius 2 is 1.34 bits per heavy atom. The molecular weight excluding hydrogens is 520 g/mol. The molecule has 1 aromatic heterocycles. The molecule has 5 rings (SSSR count). The standard InChI is InChI=1S/C30H40N8O3/c1-21-20-31-30(33-26-9-7-23(19-28(26)41-5)37-12-10-35(3)11-13-37)34-29(21)32-25-8-6-24(18-27(25)40-4)38-16-14-36(15-17-38)22(2)39/h6-9,18-20H,10-17H2,1-5H3,(H2,31,32,33,34). The highest BCUT2D eigenvalue weighted by Crippen LogP contribution is 2.35. The number of rotatable bonds is 8. The average molecular weight is 561 g/mol. The first-order chi connectivity index (χ1) is 19.8. The van der Waals surface area contributed by atoms with Gasteiger partial charge in [-0.05, 0) is 38.2 Å². The van der Waals surface area contributed by atoms with Gasteiger partial charge in [0.05, 0.1) is 25.6 Å². The van der Waals surface area contributed by atoms with Crippen LogP contribution in [0.5, 0.6) is 11.5 Å². The van der Waals surface area contributed by atoms with Crippen molar-refractivity contribution in [3.63, 3.8) is 0 Å². The van der Waals surface area contributed by atoms with E-state index in [1.165, 1.54) is 0 Å². The monoisotopic (exact) mass is 560 g/mol. The molecule has 2 N–H and O–H groups in total. The Hall–Kier alpha value is -4.25. The highest BCUT2D eigenvalue weighted by atomic mass is 16.5. The fourth-order valence-corrected chi connectivity index (χ4v) is 5.18. The number of aryl methyl sites for hydroxylation is 1. The molecule has 3 aromatic rings. The van der Waals surface area contributed by atoms with Crippen LogP contribution in [-0.4, -0.2) is 99.3 Å². The summed E-state index contributed by atoms with van der Waals surface area (Å²) >= 11 is 0. The molecule has 0 radical (unpaired) electrons. The molecule has 0 unspecified atom stereocenters. The Morgan fingerprint density at radius 3 is 1.88 bits per heavy atom. The summed E-state index contributed by atoms with van der Waals surface area (Å²) in [6.45, 7) is 10.7. The Labute approximate surface area is 242 Å². The maximum Gasteiger partial charge on any atom is 0.229 e. The number of methoxy groups -OCH3 is 2. The van der Waals surface area contributed by atoms with E-state index in [1.807, 2.05) is 30.0 Å². The number of hydrogen-bond acceptors (Lipinski definition) is 10. The van der Waals surface area contributed by atoms with Gasteiger partial charge in [-0.15, -0.1) is 0 Å². The zero-order valence-electron chi connectivity index (χ0n) is 24.6. The quantitative estimate of drug-likeness (QED) is 0.424. The van der Waals surface area contributed by atoms with E-state index in [4.69, 9.17) is 14.5 Å². The Bertz CT molecular complexity index is 1370. The first-order valence-corrected chi connectivity index (χ1v) is 14.0. The van der Waals surface area contributed by atoms with Crippen molar-refractivity contribution >= 4 is 40.4 Å². The molecule has 0 aliphatic carbocycles. The topological polar surface area (TPSA) is 98.3 Å². The predicted molar refractivity (Wildman–Crippen MR) is 163 cm³/mol. The molecule has 2 fully saturated rings. The van der Waals surface area contributed by atoms with Gasteiger partial charge < -0.3 is 39.7 Å². The lowest BCUT2D eigenvalue weighted by Gasteiger charge is -2.35. The van der Waals surface area contributed by atoms with Crippen molar-refractivity contribution in [2.45, 2.75) is 13.8 Å². The fraction of sp³-hybridized carbons (Fsp3) is 0.433. The zero-order valence-corrected chi connectivity index (χ0v) is 24.6. The number of hydrogen-bond donors (Lipinski definition) is 2. The zero-order chi connectivity index (χ0) is 28.9. The predicted octanol–water partition coefficient (Wildman–Crippen LogP) is 3.71. The van der Waals surface area contributed by atoms with Gasteiger partial charge in [-0.3, -0.25) is 4.79 Å². The summed E-state index contributed by atoms with van der Waals surface area (Å²) in [6.07, 6.45) is 1.79. The maximum absolute atomic E-state index is 11.7. The highest BCUT2D eigenvalue weighted by molar-refractivity contribution is 5.74. The Kier molecular flexibility index (Phi) is 8.63. The maximum atomic E-state index is 11.7. The van der Waals surface area contributed by atoms with Gasteiger partial charge in [0.2, 0.25) is 11.9 Å². The van der Waals surface area contributed by atoms with Crippen LogP contribution in [0.3, 0.4) is 0 Å². The summed E-state index contributed by atoms with van der Waals surface area (Å²) in [5.74, 6) is 2.71. The van der Waals surface area contributed by atoms with Gasteiger partial charge in [-0.25, -0.2) is 4.98 Å². The van der Waals surface area contributed by atoms with Crippen molar-refractivity contribution in [1.82, 2.24) is 19.8 Å². The molecule has 2 saturated heterocycles. The number of ether oxygens (including phenoxy) is 2. The Balaban J connectivity index is 1.30. The van der Waals surface area contributed by atoms with E-state index < -0.39 is 0 Å². The van der Waals surface area contributed by atoms with Gasteiger partial charge in [-0.2, -0.15) is 4.98 Å². The number of benzene rings is 2. The van der Waals surface area contributed by atoms with Gasteiger partial charge >= 0.3 is 0 Å². The number of likely N-dealkylation sites (N-methyl/N-ethyl adjacent to an activating group) is 1. The normalized spacial score (nSPS) is 16.0. The largest absolute Gasteiger partial charge is 0.494 e. The molecule has 2 aliphatic rings. The van der Waals surface area contributed by atoms with Crippen LogP contribution in [0.1, 0.15) is 12.5 Å². The van der Waals surface area contributed by atoms with E-state index in [0.717, 1.165) is 86.4 Å². The van der Waals surface area contributed by atoms with Crippen LogP contribution in [-0.2, 0) is 4.79 Å². The van der Waals surface area contributed by atoms with Gasteiger partial charge in [0.15, 0.2) is 0 Å². The molecule has 11 heteroatoms. The van der Waals surface area contributed by atoms with Gasteiger partial charge in [0.1, 0.15) is 17.3 Å². The van der Waals surface area contributed by atoms with Gasteiger partial charge in [-0.1, -0.05) is 0 Å². The third kappa shape index (κ3) is 6.57. The van der Waals surface area contributed by atoms with Gasteiger partial charge in [0, 0.05) is 94.5 Å². The third-order valence-corrected chi connectivity index (χ3v) is 7.80. The molecule has 0 atom stereocenters. The third-order valence-electron chi connectivity index (χ3n) is 7.80. The van der Waals surface area contributed by atoms with E-state index in [1.54, 1.807) is 27.3 Å². The molecule has 11 nitrogen and oxygen atoms in total. The van der Waals surface area contributed by atoms with Crippen LogP contribution in [0.4, 0.5) is 34.5 Å². The van der Waals surface area contributed by atoms with Crippen LogP contribution in [0.2, 0.25) is 0 Å². The van der Waals surface area contributed by atoms with E-state index in [2.05, 4.69) is 55.6 Å². The van der Waals surface area contributed by atoms with Crippen molar-refractivity contribution in [1.29, 1.82) is 0 Å². The summed E-state index contributed by atoms with van der Waals surface area (Å²) in [5, 5.41) is 6.75. The van der Waals surface area contributed by atoms with Crippen LogP contribution in [0, 0.1) is 6.92 Å². The first kappa shape index (κ1) is 28.3. The molecule has 0 bridgehead atoms. The molecule has 2 aromatic carbocycles. The number of piperazine rings is 2. The number of amides is 1. The lowest BCUT2D eigenvalue weighted by Crippen LogP contribution is -2.48. The van der Waals surface area contributed by atoms with E-state index >= 15 is 0 Å². The number of carbonyl (C=O) groups excluding carboxylic acids is 1. The van der Waals surface area contributed by atoms with Crippen molar-refractivity contribution in [2.75, 3.05) is 94.1 Å². The summed E-state index contributed by atoms with van der Waals surface area (Å²) in [5.41, 5.74) is 4.71. The van der Waals surface area contributed by atoms with E-state index in [-0.39, 0.29) is 5.91 Å². The molecule has 2 aliphatic heterocycles. The molecule has 3 heterocycles. The molecule has 1 amide bonds. The number of nitrogens with one attached hydrogen (secondary N) is 2. The minimum Gasteiger partial charge on any atom is -0.494 e. The smallest absolute Gasteiger partial charge is 0.229 e. The van der Waals surface area contributed by atoms with Crippen molar-refractivity contribution < 1.29 is 14.3 Å². The number of nitrogens with zero attached hydrogens (tertiary/aromatic N) is 6. The summed E-state index contributed by atoms with van der Waals surface area (Å²) in [7, 11) is 5.49. The lowest BCUT2D eigenvalue weighted by atomic mass is 10.2. The summed E-state index contributed by atoms with van der Waals surface area (Å²) < 4.78 is 11.5. The van der Waals surface area contributed by atoms with Crippen molar-refractivity contribution in [3.8, 4) is 11.5 Å². The number of anilines is 6. The first-order valence-electron chi connectivity index (χ1n) is 14.0. The van der Waals surface area contributed by atoms with E-state index in [9.17, 15) is 4.79 Å². The molecule has 41 heavy (non-hydrogen) atoms.